The fourth-order valence-electron chi connectivity index (χ4n) is 4.61. The van der Waals surface area contributed by atoms with E-state index >= 15 is 0 Å². The van der Waals surface area contributed by atoms with Crippen LogP contribution < -0.4 is 5.32 Å². The van der Waals surface area contributed by atoms with E-state index in [1.54, 1.807) is 33.9 Å². The number of hydrogen-bond donors (Lipinski definition) is 1. The highest BCUT2D eigenvalue weighted by Crippen LogP contribution is 2.38. The Morgan fingerprint density at radius 2 is 1.83 bits per heavy atom. The highest BCUT2D eigenvalue weighted by atomic mass is 35.5. The molecule has 1 saturated heterocycles. The third kappa shape index (κ3) is 4.35. The number of fused-ring (bicyclic) bond motifs is 1. The highest BCUT2D eigenvalue weighted by molar-refractivity contribution is 6.30. The fraction of sp³-hybridized carbons (Fsp3) is 0.273. The zero-order valence-electron chi connectivity index (χ0n) is 19.3. The van der Waals surface area contributed by atoms with Crippen molar-refractivity contribution in [1.29, 1.82) is 0 Å². The molecule has 2 aliphatic heterocycles. The van der Waals surface area contributed by atoms with Crippen molar-refractivity contribution in [2.75, 3.05) is 0 Å². The molecule has 3 atom stereocenters. The summed E-state index contributed by atoms with van der Waals surface area (Å²) in [7, 11) is 4.69. The van der Waals surface area contributed by atoms with Gasteiger partial charge in [0.15, 0.2) is 0 Å². The smallest absolute Gasteiger partial charge is 0.348 e. The zero-order chi connectivity index (χ0) is 25.7. The summed E-state index contributed by atoms with van der Waals surface area (Å²) in [6.07, 6.45) is 0.370. The predicted octanol–water partition coefficient (Wildman–Crippen LogP) is 0.0331. The number of nitrogens with zero attached hydrogens (tertiary/aromatic N) is 2. The Labute approximate surface area is 208 Å². The van der Waals surface area contributed by atoms with Gasteiger partial charge in [0.2, 0.25) is 19.8 Å². The minimum atomic E-state index is -3.75. The molecule has 2 aromatic rings. The molecule has 7 nitrogen and oxygen atoms in total. The molecule has 1 fully saturated rings. The van der Waals surface area contributed by atoms with Crippen molar-refractivity contribution >= 4 is 58.9 Å². The van der Waals surface area contributed by atoms with Gasteiger partial charge in [0.25, 0.3) is 11.8 Å². The van der Waals surface area contributed by atoms with Crippen LogP contribution in [0.3, 0.4) is 0 Å². The molecule has 4 amide bonds. The number of rotatable bonds is 5. The second-order valence-electron chi connectivity index (χ2n) is 8.88. The summed E-state index contributed by atoms with van der Waals surface area (Å²) in [5, 5.41) is 2.55. The van der Waals surface area contributed by atoms with Crippen LogP contribution >= 0.6 is 11.6 Å². The topological polar surface area (TPSA) is 86.8 Å². The average molecular weight is 497 g/mol. The van der Waals surface area contributed by atoms with Gasteiger partial charge in [0.05, 0.1) is 0 Å². The maximum Gasteiger partial charge on any atom is 0.348 e. The van der Waals surface area contributed by atoms with Crippen LogP contribution in [-0.4, -0.2) is 63.1 Å². The van der Waals surface area contributed by atoms with Gasteiger partial charge in [0.1, 0.15) is 21.7 Å². The molecule has 0 radical (unpaired) electrons. The van der Waals surface area contributed by atoms with Crippen LogP contribution in [0.4, 0.5) is 8.78 Å². The molecule has 0 saturated carbocycles. The number of carbonyl (C=O) groups excluding carboxylic acids is 4. The molecule has 0 bridgehead atoms. The van der Waals surface area contributed by atoms with Crippen LogP contribution in [0, 0.1) is 0 Å². The molecule has 3 unspecified atom stereocenters. The van der Waals surface area contributed by atoms with Crippen LogP contribution in [0.1, 0.15) is 51.8 Å². The van der Waals surface area contributed by atoms with Crippen LogP contribution in [-0.2, 0) is 20.3 Å². The number of hydrogen-bond acceptors (Lipinski definition) is 4. The largest absolute Gasteiger partial charge is 0.389 e. The number of nitrogens with one attached hydrogen (secondary N) is 1. The van der Waals surface area contributed by atoms with Gasteiger partial charge < -0.3 is 9.71 Å². The maximum absolute atomic E-state index is 14.9. The number of benzene rings is 2. The van der Waals surface area contributed by atoms with E-state index in [-0.39, 0.29) is 29.7 Å². The van der Waals surface area contributed by atoms with E-state index in [0.717, 1.165) is 16.9 Å². The maximum atomic E-state index is 14.9. The lowest BCUT2D eigenvalue weighted by molar-refractivity contribution is -0.154. The zero-order valence-corrected chi connectivity index (χ0v) is 20.1. The van der Waals surface area contributed by atoms with Gasteiger partial charge in [-0.1, -0.05) is 35.9 Å². The van der Waals surface area contributed by atoms with Crippen molar-refractivity contribution in [2.45, 2.75) is 36.7 Å². The van der Waals surface area contributed by atoms with E-state index in [0.29, 0.717) is 16.7 Å². The van der Waals surface area contributed by atoms with Crippen molar-refractivity contribution in [3.63, 3.8) is 0 Å². The van der Waals surface area contributed by atoms with Crippen LogP contribution in [0.25, 0.3) is 0 Å². The SMILES string of the molecule is BC(c1ccc2c(c1)C(B)N(C1CCC(=O)NC1=O)C2=O)N(B)C(=O)C(F)(F)c1ccc(Cl)cc1. The van der Waals surface area contributed by atoms with Crippen LogP contribution in [0.15, 0.2) is 42.5 Å². The van der Waals surface area contributed by atoms with Crippen molar-refractivity contribution in [3.8, 4) is 0 Å². The molecule has 2 aliphatic rings. The summed E-state index contributed by atoms with van der Waals surface area (Å²) in [5.74, 6) is -7.54. The van der Waals surface area contributed by atoms with Crippen LogP contribution in [0.5, 0.6) is 0 Å². The lowest BCUT2D eigenvalue weighted by Gasteiger charge is -2.33. The monoisotopic (exact) mass is 497 g/mol. The Hall–Kier alpha value is -3.14. The fourth-order valence-corrected chi connectivity index (χ4v) is 4.73. The van der Waals surface area contributed by atoms with Gasteiger partial charge in [-0.05, 0) is 35.7 Å². The summed E-state index contributed by atoms with van der Waals surface area (Å²) in [4.78, 5) is 52.1. The lowest BCUT2D eigenvalue weighted by Crippen LogP contribution is -2.53. The number of carbonyl (C=O) groups is 4. The summed E-state index contributed by atoms with van der Waals surface area (Å²) in [5.41, 5.74) is 1.14. The van der Waals surface area contributed by atoms with Gasteiger partial charge in [-0.15, -0.1) is 0 Å². The van der Waals surface area contributed by atoms with Crippen LogP contribution in [0.2, 0.25) is 5.02 Å². The third-order valence-corrected chi connectivity index (χ3v) is 7.06. The Bertz CT molecular complexity index is 1230. The molecule has 13 heteroatoms. The van der Waals surface area contributed by atoms with Gasteiger partial charge in [0, 0.05) is 34.5 Å². The van der Waals surface area contributed by atoms with Gasteiger partial charge >= 0.3 is 5.92 Å². The van der Waals surface area contributed by atoms with E-state index < -0.39 is 41.2 Å². The number of halogens is 3. The van der Waals surface area contributed by atoms with Crippen molar-refractivity contribution in [1.82, 2.24) is 15.0 Å². The normalized spacial score (nSPS) is 20.9. The number of alkyl halides is 2. The first-order valence-corrected chi connectivity index (χ1v) is 11.5. The van der Waals surface area contributed by atoms with Crippen molar-refractivity contribution < 1.29 is 28.0 Å². The summed E-state index contributed by atoms with van der Waals surface area (Å²) < 4.78 is 29.8. The summed E-state index contributed by atoms with van der Waals surface area (Å²) in [6, 6.07) is 8.97. The first kappa shape index (κ1) is 25.0. The molecule has 2 heterocycles. The Morgan fingerprint density at radius 3 is 2.46 bits per heavy atom. The predicted molar refractivity (Wildman–Crippen MR) is 132 cm³/mol. The van der Waals surface area contributed by atoms with E-state index in [1.807, 2.05) is 0 Å². The quantitative estimate of drug-likeness (QED) is 0.467. The molecular weight excluding hydrogens is 476 g/mol. The van der Waals surface area contributed by atoms with Crippen molar-refractivity contribution in [2.24, 2.45) is 0 Å². The molecule has 178 valence electrons. The molecule has 0 aliphatic carbocycles. The third-order valence-electron chi connectivity index (χ3n) is 6.81. The average Bonchev–Trinajstić information content (AvgIpc) is 3.07. The molecule has 0 aromatic heterocycles. The Balaban J connectivity index is 1.57. The number of piperidine rings is 1. The Morgan fingerprint density at radius 1 is 1.17 bits per heavy atom. The Kier molecular flexibility index (Phi) is 6.53. The van der Waals surface area contributed by atoms with Gasteiger partial charge in [-0.25, -0.2) is 0 Å². The lowest BCUT2D eigenvalue weighted by atomic mass is 9.81. The minimum absolute atomic E-state index is 0.139. The molecule has 2 aromatic carbocycles. The summed E-state index contributed by atoms with van der Waals surface area (Å²) >= 11 is 5.77. The van der Waals surface area contributed by atoms with E-state index in [4.69, 9.17) is 11.6 Å². The first-order valence-electron chi connectivity index (χ1n) is 11.1. The van der Waals surface area contributed by atoms with Gasteiger partial charge in [-0.3, -0.25) is 24.5 Å². The second kappa shape index (κ2) is 9.15. The molecule has 35 heavy (non-hydrogen) atoms. The molecule has 0 spiro atoms. The minimum Gasteiger partial charge on any atom is -0.389 e. The van der Waals surface area contributed by atoms with E-state index in [1.165, 1.54) is 25.0 Å². The van der Waals surface area contributed by atoms with E-state index in [9.17, 15) is 28.0 Å². The first-order chi connectivity index (χ1) is 16.4. The standard InChI is InChI=1S/C22H21B3ClF2N3O4/c23-17(31(25)21(35)22(27,28)11-2-4-12(26)5-3-11)10-1-6-13-14(9-10)18(24)30(20(13)34)15-7-8-16(32)29-19(15)33/h1-6,9,15,17-18H,7-8,23-25H2,(H,29,32,33). The molecule has 1 N–H and O–H groups in total. The number of amides is 4. The molecular formula is C22H21B3ClF2N3O4. The summed E-state index contributed by atoms with van der Waals surface area (Å²) in [6.45, 7) is 0. The van der Waals surface area contributed by atoms with E-state index in [2.05, 4.69) is 5.32 Å². The second-order valence-corrected chi connectivity index (χ2v) is 9.31. The van der Waals surface area contributed by atoms with Crippen molar-refractivity contribution in [3.05, 3.63) is 69.7 Å². The highest BCUT2D eigenvalue weighted by Gasteiger charge is 2.45. The molecule has 4 rings (SSSR count). The van der Waals surface area contributed by atoms with Gasteiger partial charge in [-0.2, -0.15) is 8.78 Å². The number of imide groups is 1.